The normalized spacial score (nSPS) is 11.5. The highest BCUT2D eigenvalue weighted by Gasteiger charge is 2.23. The maximum atomic E-state index is 12.7. The third-order valence-electron chi connectivity index (χ3n) is 5.08. The summed E-state index contributed by atoms with van der Waals surface area (Å²) in [4.78, 5) is 12.7. The summed E-state index contributed by atoms with van der Waals surface area (Å²) in [5.74, 6) is 0.0661. The van der Waals surface area contributed by atoms with Crippen LogP contribution in [0.15, 0.2) is 91.0 Å². The minimum Gasteiger partial charge on any atom is -0.508 e. The van der Waals surface area contributed by atoms with Crippen molar-refractivity contribution in [2.75, 3.05) is 0 Å². The van der Waals surface area contributed by atoms with E-state index in [1.165, 1.54) is 0 Å². The lowest BCUT2D eigenvalue weighted by Crippen LogP contribution is -2.30. The van der Waals surface area contributed by atoms with Crippen LogP contribution in [0.5, 0.6) is 5.75 Å². The van der Waals surface area contributed by atoms with E-state index in [4.69, 9.17) is 10.00 Å². The third-order valence-corrected chi connectivity index (χ3v) is 5.08. The fourth-order valence-electron chi connectivity index (χ4n) is 3.54. The zero-order valence-electron chi connectivity index (χ0n) is 16.7. The van der Waals surface area contributed by atoms with Gasteiger partial charge in [0.2, 0.25) is 0 Å². The van der Waals surface area contributed by atoms with Crippen molar-refractivity contribution in [1.82, 2.24) is 5.32 Å². The van der Waals surface area contributed by atoms with Gasteiger partial charge < -0.3 is 15.2 Å². The molecule has 0 saturated carbocycles. The SMILES string of the molecule is N#Cc1ccc(C(NC(=O)OCc2ccccc2)c2c(O)ccc3ccccc23)cc1. The second kappa shape index (κ2) is 9.02. The van der Waals surface area contributed by atoms with E-state index in [2.05, 4.69) is 11.4 Å². The fraction of sp³-hybridized carbons (Fsp3) is 0.0769. The van der Waals surface area contributed by atoms with Gasteiger partial charge in [-0.05, 0) is 40.1 Å². The largest absolute Gasteiger partial charge is 0.508 e. The van der Waals surface area contributed by atoms with Crippen LogP contribution in [0.2, 0.25) is 0 Å². The van der Waals surface area contributed by atoms with E-state index >= 15 is 0 Å². The Labute approximate surface area is 180 Å². The summed E-state index contributed by atoms with van der Waals surface area (Å²) < 4.78 is 5.41. The number of ether oxygens (including phenoxy) is 1. The topological polar surface area (TPSA) is 82.4 Å². The van der Waals surface area contributed by atoms with E-state index in [1.54, 1.807) is 30.3 Å². The molecule has 2 N–H and O–H groups in total. The first-order chi connectivity index (χ1) is 15.2. The number of hydrogen-bond donors (Lipinski definition) is 2. The van der Waals surface area contributed by atoms with Gasteiger partial charge in [-0.2, -0.15) is 5.26 Å². The van der Waals surface area contributed by atoms with Gasteiger partial charge in [0, 0.05) is 5.56 Å². The molecule has 0 saturated heterocycles. The van der Waals surface area contributed by atoms with E-state index in [0.717, 1.165) is 21.9 Å². The van der Waals surface area contributed by atoms with E-state index in [9.17, 15) is 9.90 Å². The molecule has 1 unspecified atom stereocenters. The molecule has 0 fully saturated rings. The Kier molecular flexibility index (Phi) is 5.82. The Bertz CT molecular complexity index is 1250. The van der Waals surface area contributed by atoms with Crippen LogP contribution in [-0.4, -0.2) is 11.2 Å². The molecule has 0 spiro atoms. The molecule has 5 heteroatoms. The van der Waals surface area contributed by atoms with Gasteiger partial charge in [0.25, 0.3) is 0 Å². The molecule has 5 nitrogen and oxygen atoms in total. The predicted octanol–water partition coefficient (Wildman–Crippen LogP) is 5.43. The summed E-state index contributed by atoms with van der Waals surface area (Å²) in [6.07, 6.45) is -0.606. The number of phenolic OH excluding ortho intramolecular Hbond substituents is 1. The van der Waals surface area contributed by atoms with Gasteiger partial charge in [-0.3, -0.25) is 0 Å². The molecule has 0 radical (unpaired) electrons. The number of nitrogens with one attached hydrogen (secondary N) is 1. The molecule has 0 aliphatic heterocycles. The Balaban J connectivity index is 1.69. The number of phenols is 1. The third kappa shape index (κ3) is 4.49. The number of benzene rings is 4. The number of fused-ring (bicyclic) bond motifs is 1. The molecule has 4 aromatic carbocycles. The lowest BCUT2D eigenvalue weighted by atomic mass is 9.92. The second-order valence-corrected chi connectivity index (χ2v) is 7.09. The van der Waals surface area contributed by atoms with Gasteiger partial charge in [-0.25, -0.2) is 4.79 Å². The molecule has 152 valence electrons. The van der Waals surface area contributed by atoms with Crippen LogP contribution in [-0.2, 0) is 11.3 Å². The number of aromatic hydroxyl groups is 1. The van der Waals surface area contributed by atoms with Crippen molar-refractivity contribution in [2.24, 2.45) is 0 Å². The van der Waals surface area contributed by atoms with Crippen LogP contribution in [0.4, 0.5) is 4.79 Å². The average molecular weight is 408 g/mol. The van der Waals surface area contributed by atoms with E-state index in [1.807, 2.05) is 60.7 Å². The molecular weight excluding hydrogens is 388 g/mol. The maximum Gasteiger partial charge on any atom is 0.408 e. The predicted molar refractivity (Wildman–Crippen MR) is 118 cm³/mol. The van der Waals surface area contributed by atoms with Crippen molar-refractivity contribution in [3.63, 3.8) is 0 Å². The van der Waals surface area contributed by atoms with E-state index in [-0.39, 0.29) is 12.4 Å². The zero-order valence-corrected chi connectivity index (χ0v) is 16.7. The molecule has 0 aliphatic rings. The van der Waals surface area contributed by atoms with Crippen molar-refractivity contribution in [3.05, 3.63) is 113 Å². The fourth-order valence-corrected chi connectivity index (χ4v) is 3.54. The molecule has 0 aliphatic carbocycles. The summed E-state index contributed by atoms with van der Waals surface area (Å²) in [7, 11) is 0. The lowest BCUT2D eigenvalue weighted by Gasteiger charge is -2.22. The summed E-state index contributed by atoms with van der Waals surface area (Å²) in [6.45, 7) is 0.133. The molecule has 31 heavy (non-hydrogen) atoms. The Morgan fingerprint density at radius 3 is 2.39 bits per heavy atom. The van der Waals surface area contributed by atoms with Gasteiger partial charge in [0.15, 0.2) is 0 Å². The Morgan fingerprint density at radius 1 is 0.935 bits per heavy atom. The van der Waals surface area contributed by atoms with Gasteiger partial charge in [0.1, 0.15) is 12.4 Å². The quantitative estimate of drug-likeness (QED) is 0.461. The molecule has 1 atom stereocenters. The summed E-state index contributed by atoms with van der Waals surface area (Å²) >= 11 is 0. The first-order valence-corrected chi connectivity index (χ1v) is 9.83. The minimum atomic E-state index is -0.665. The van der Waals surface area contributed by atoms with Crippen molar-refractivity contribution >= 4 is 16.9 Å². The first kappa shape index (κ1) is 20.0. The highest BCUT2D eigenvalue weighted by molar-refractivity contribution is 5.89. The molecule has 1 amide bonds. The van der Waals surface area contributed by atoms with Crippen LogP contribution < -0.4 is 5.32 Å². The van der Waals surface area contributed by atoms with Gasteiger partial charge in [-0.1, -0.05) is 72.8 Å². The Hall–Kier alpha value is -4.30. The zero-order chi connectivity index (χ0) is 21.6. The average Bonchev–Trinajstić information content (AvgIpc) is 2.82. The first-order valence-electron chi connectivity index (χ1n) is 9.83. The van der Waals surface area contributed by atoms with Crippen LogP contribution in [0.3, 0.4) is 0 Å². The van der Waals surface area contributed by atoms with Crippen LogP contribution in [0.25, 0.3) is 10.8 Å². The monoisotopic (exact) mass is 408 g/mol. The number of rotatable bonds is 5. The van der Waals surface area contributed by atoms with E-state index in [0.29, 0.717) is 11.1 Å². The highest BCUT2D eigenvalue weighted by Crippen LogP contribution is 2.36. The van der Waals surface area contributed by atoms with Gasteiger partial charge in [0.05, 0.1) is 17.7 Å². The van der Waals surface area contributed by atoms with Crippen LogP contribution in [0, 0.1) is 11.3 Å². The van der Waals surface area contributed by atoms with Crippen molar-refractivity contribution < 1.29 is 14.6 Å². The second-order valence-electron chi connectivity index (χ2n) is 7.09. The number of carbonyl (C=O) groups excluding carboxylic acids is 1. The van der Waals surface area contributed by atoms with Crippen molar-refractivity contribution in [1.29, 1.82) is 5.26 Å². The van der Waals surface area contributed by atoms with Crippen molar-refractivity contribution in [2.45, 2.75) is 12.6 Å². The molecule has 0 aromatic heterocycles. The summed E-state index contributed by atoms with van der Waals surface area (Å²) in [5, 5.41) is 24.5. The summed E-state index contributed by atoms with van der Waals surface area (Å²) in [5.41, 5.74) is 2.68. The number of carbonyl (C=O) groups is 1. The molecule has 0 bridgehead atoms. The van der Waals surface area contributed by atoms with Crippen LogP contribution >= 0.6 is 0 Å². The van der Waals surface area contributed by atoms with Crippen LogP contribution in [0.1, 0.15) is 28.3 Å². The number of nitriles is 1. The highest BCUT2D eigenvalue weighted by atomic mass is 16.5. The molecular formula is C26H20N2O3. The number of amides is 1. The summed E-state index contributed by atoms with van der Waals surface area (Å²) in [6, 6.07) is 28.8. The van der Waals surface area contributed by atoms with E-state index < -0.39 is 12.1 Å². The number of hydrogen-bond acceptors (Lipinski definition) is 4. The Morgan fingerprint density at radius 2 is 1.65 bits per heavy atom. The molecule has 4 aromatic rings. The number of alkyl carbamates (subject to hydrolysis) is 1. The van der Waals surface area contributed by atoms with Crippen molar-refractivity contribution in [3.8, 4) is 11.8 Å². The maximum absolute atomic E-state index is 12.7. The lowest BCUT2D eigenvalue weighted by molar-refractivity contribution is 0.137. The molecule has 4 rings (SSSR count). The van der Waals surface area contributed by atoms with Gasteiger partial charge in [-0.15, -0.1) is 0 Å². The smallest absolute Gasteiger partial charge is 0.408 e. The molecule has 0 heterocycles. The number of nitrogens with zero attached hydrogens (tertiary/aromatic N) is 1. The standard InChI is InChI=1S/C26H20N2O3/c27-16-18-10-12-21(13-11-18)25(28-26(30)31-17-19-6-2-1-3-7-19)24-22-9-5-4-8-20(22)14-15-23(24)29/h1-15,25,29H,17H2,(H,28,30). The van der Waals surface area contributed by atoms with Gasteiger partial charge >= 0.3 is 6.09 Å². The minimum absolute atomic E-state index is 0.0661.